The molecule has 0 unspecified atom stereocenters. The number of ether oxygens (including phenoxy) is 2. The molecule has 0 atom stereocenters. The Bertz CT molecular complexity index is 1610. The number of halogens is 2. The van der Waals surface area contributed by atoms with Gasteiger partial charge in [-0.15, -0.1) is 11.8 Å². The van der Waals surface area contributed by atoms with Gasteiger partial charge in [0.2, 0.25) is 0 Å². The third kappa shape index (κ3) is 8.41. The molecule has 10 nitrogen and oxygen atoms in total. The Morgan fingerprint density at radius 2 is 1.70 bits per heavy atom. The van der Waals surface area contributed by atoms with E-state index in [-0.39, 0.29) is 23.0 Å². The second-order valence-electron chi connectivity index (χ2n) is 10.4. The summed E-state index contributed by atoms with van der Waals surface area (Å²) in [5.74, 6) is 1.88. The number of urea groups is 1. The highest BCUT2D eigenvalue weighted by Crippen LogP contribution is 2.39. The third-order valence-corrected chi connectivity index (χ3v) is 8.22. The molecule has 0 spiro atoms. The Morgan fingerprint density at radius 3 is 2.37 bits per heavy atom. The number of pyridine rings is 1. The molecular formula is C30H32Cl2N6O4S. The van der Waals surface area contributed by atoms with E-state index in [0.29, 0.717) is 33.8 Å². The van der Waals surface area contributed by atoms with Crippen molar-refractivity contribution in [1.29, 1.82) is 0 Å². The zero-order valence-corrected chi connectivity index (χ0v) is 26.7. The van der Waals surface area contributed by atoms with Crippen molar-refractivity contribution in [3.8, 4) is 11.4 Å². The van der Waals surface area contributed by atoms with E-state index in [1.54, 1.807) is 36.2 Å². The molecule has 0 bridgehead atoms. The van der Waals surface area contributed by atoms with Crippen LogP contribution in [0.3, 0.4) is 0 Å². The lowest BCUT2D eigenvalue weighted by molar-refractivity contribution is -0.119. The molecule has 0 aliphatic rings. The molecule has 0 aliphatic carbocycles. The summed E-state index contributed by atoms with van der Waals surface area (Å²) in [5.41, 5.74) is 2.59. The smallest absolute Gasteiger partial charge is 0.324 e. The molecule has 3 amide bonds. The van der Waals surface area contributed by atoms with Crippen LogP contribution in [0.15, 0.2) is 65.7 Å². The van der Waals surface area contributed by atoms with Crippen molar-refractivity contribution in [2.45, 2.75) is 36.8 Å². The molecule has 0 aliphatic heterocycles. The Balaban J connectivity index is 1.46. The first-order chi connectivity index (χ1) is 20.5. The number of hydrogen-bond acceptors (Lipinski definition) is 7. The van der Waals surface area contributed by atoms with Crippen LogP contribution in [0.5, 0.6) is 5.75 Å². The van der Waals surface area contributed by atoms with E-state index in [1.165, 1.54) is 18.9 Å². The Morgan fingerprint density at radius 1 is 0.953 bits per heavy atom. The average Bonchev–Trinajstić information content (AvgIpc) is 3.40. The highest BCUT2D eigenvalue weighted by Gasteiger charge is 2.22. The average molecular weight is 644 g/mol. The van der Waals surface area contributed by atoms with Gasteiger partial charge in [-0.1, -0.05) is 44.0 Å². The lowest BCUT2D eigenvalue weighted by Crippen LogP contribution is -2.21. The van der Waals surface area contributed by atoms with E-state index in [1.807, 2.05) is 57.2 Å². The number of aromatic nitrogens is 3. The summed E-state index contributed by atoms with van der Waals surface area (Å²) in [5, 5.41) is 13.6. The number of carbonyl (C=O) groups is 2. The Kier molecular flexibility index (Phi) is 10.6. The summed E-state index contributed by atoms with van der Waals surface area (Å²) in [7, 11) is 3.05. The molecule has 4 rings (SSSR count). The van der Waals surface area contributed by atoms with Gasteiger partial charge in [0.05, 0.1) is 34.2 Å². The maximum atomic E-state index is 13.1. The van der Waals surface area contributed by atoms with Gasteiger partial charge in [-0.2, -0.15) is 5.10 Å². The molecule has 13 heteroatoms. The van der Waals surface area contributed by atoms with Crippen LogP contribution in [0.2, 0.25) is 10.0 Å². The number of nitrogens with zero attached hydrogens (tertiary/aromatic N) is 3. The van der Waals surface area contributed by atoms with Crippen LogP contribution in [0.25, 0.3) is 5.69 Å². The molecule has 2 heterocycles. The molecule has 2 aromatic carbocycles. The minimum Gasteiger partial charge on any atom is -0.497 e. The van der Waals surface area contributed by atoms with Gasteiger partial charge in [-0.05, 0) is 54.1 Å². The first kappa shape index (κ1) is 32.2. The number of benzene rings is 2. The fraction of sp³-hybridized carbons (Fsp3) is 0.267. The van der Waals surface area contributed by atoms with Crippen LogP contribution >= 0.6 is 35.0 Å². The van der Waals surface area contributed by atoms with Crippen molar-refractivity contribution in [2.24, 2.45) is 0 Å². The van der Waals surface area contributed by atoms with Crippen LogP contribution in [-0.2, 0) is 20.7 Å². The molecule has 3 N–H and O–H groups in total. The quantitative estimate of drug-likeness (QED) is 0.154. The van der Waals surface area contributed by atoms with E-state index in [9.17, 15) is 9.59 Å². The van der Waals surface area contributed by atoms with Crippen molar-refractivity contribution >= 4 is 64.2 Å². The molecule has 4 aromatic rings. The lowest BCUT2D eigenvalue weighted by atomic mass is 9.92. The molecule has 226 valence electrons. The van der Waals surface area contributed by atoms with Crippen LogP contribution in [0.4, 0.5) is 22.1 Å². The second kappa shape index (κ2) is 14.1. The summed E-state index contributed by atoms with van der Waals surface area (Å²) in [6, 6.07) is 15.8. The van der Waals surface area contributed by atoms with Gasteiger partial charge in [0.15, 0.2) is 0 Å². The SMILES string of the molecule is COCC(=O)Nc1cc(CSc2ccc(NC(=O)Nc3cc(C(C)(C)C)nn3-c3ccc(OC)cc3)c(Cl)c2Cl)ccn1. The second-order valence-corrected chi connectivity index (χ2v) is 12.2. The number of thioether (sulfide) groups is 1. The van der Waals surface area contributed by atoms with Gasteiger partial charge < -0.3 is 20.1 Å². The summed E-state index contributed by atoms with van der Waals surface area (Å²) in [4.78, 5) is 29.8. The number of amides is 3. The fourth-order valence-electron chi connectivity index (χ4n) is 3.87. The molecule has 2 aromatic heterocycles. The van der Waals surface area contributed by atoms with E-state index in [2.05, 4.69) is 20.9 Å². The fourth-order valence-corrected chi connectivity index (χ4v) is 5.36. The Labute approximate surface area is 264 Å². The number of carbonyl (C=O) groups excluding carboxylic acids is 2. The predicted octanol–water partition coefficient (Wildman–Crippen LogP) is 7.40. The number of rotatable bonds is 10. The summed E-state index contributed by atoms with van der Waals surface area (Å²) >= 11 is 14.6. The number of anilines is 3. The van der Waals surface area contributed by atoms with Gasteiger partial charge in [0, 0.05) is 35.4 Å². The van der Waals surface area contributed by atoms with Gasteiger partial charge in [-0.25, -0.2) is 14.5 Å². The minimum absolute atomic E-state index is 0.0581. The molecule has 0 fully saturated rings. The molecule has 0 radical (unpaired) electrons. The van der Waals surface area contributed by atoms with Crippen molar-refractivity contribution < 1.29 is 19.1 Å². The molecular weight excluding hydrogens is 611 g/mol. The molecule has 0 saturated carbocycles. The van der Waals surface area contributed by atoms with E-state index in [0.717, 1.165) is 21.8 Å². The normalized spacial score (nSPS) is 11.2. The summed E-state index contributed by atoms with van der Waals surface area (Å²) in [6.45, 7) is 6.09. The molecule has 43 heavy (non-hydrogen) atoms. The highest BCUT2D eigenvalue weighted by atomic mass is 35.5. The largest absolute Gasteiger partial charge is 0.497 e. The van der Waals surface area contributed by atoms with E-state index in [4.69, 9.17) is 37.8 Å². The molecule has 0 saturated heterocycles. The monoisotopic (exact) mass is 642 g/mol. The van der Waals surface area contributed by atoms with Crippen LogP contribution in [-0.4, -0.2) is 47.5 Å². The lowest BCUT2D eigenvalue weighted by Gasteiger charge is -2.14. The predicted molar refractivity (Wildman–Crippen MR) is 172 cm³/mol. The van der Waals surface area contributed by atoms with E-state index >= 15 is 0 Å². The number of hydrogen-bond donors (Lipinski definition) is 3. The van der Waals surface area contributed by atoms with Gasteiger partial charge in [-0.3, -0.25) is 10.1 Å². The first-order valence-electron chi connectivity index (χ1n) is 13.2. The zero-order valence-electron chi connectivity index (χ0n) is 24.3. The summed E-state index contributed by atoms with van der Waals surface area (Å²) in [6.07, 6.45) is 1.61. The van der Waals surface area contributed by atoms with E-state index < -0.39 is 6.03 Å². The standard InChI is InChI=1S/C30H32Cl2N6O4S/c1-30(2,3)23-15-25(38(37-23)19-6-8-20(42-5)9-7-19)36-29(40)34-21-10-11-22(28(32)27(21)31)43-17-18-12-13-33-24(14-18)35-26(39)16-41-4/h6-15H,16-17H2,1-5H3,(H,33,35,39)(H2,34,36,40). The maximum absolute atomic E-state index is 13.1. The maximum Gasteiger partial charge on any atom is 0.324 e. The third-order valence-electron chi connectivity index (χ3n) is 6.09. The van der Waals surface area contributed by atoms with Crippen molar-refractivity contribution in [3.63, 3.8) is 0 Å². The van der Waals surface area contributed by atoms with Gasteiger partial charge in [0.1, 0.15) is 24.0 Å². The van der Waals surface area contributed by atoms with Gasteiger partial charge in [0.25, 0.3) is 5.91 Å². The Hall–Kier alpha value is -3.77. The first-order valence-corrected chi connectivity index (χ1v) is 14.9. The number of nitrogens with one attached hydrogen (secondary N) is 3. The van der Waals surface area contributed by atoms with Crippen LogP contribution < -0.4 is 20.7 Å². The number of methoxy groups -OCH3 is 2. The highest BCUT2D eigenvalue weighted by molar-refractivity contribution is 7.98. The summed E-state index contributed by atoms with van der Waals surface area (Å²) < 4.78 is 11.8. The van der Waals surface area contributed by atoms with Crippen LogP contribution in [0, 0.1) is 0 Å². The minimum atomic E-state index is -0.506. The zero-order chi connectivity index (χ0) is 31.1. The topological polar surface area (TPSA) is 119 Å². The van der Waals surface area contributed by atoms with Crippen molar-refractivity contribution in [1.82, 2.24) is 14.8 Å². The van der Waals surface area contributed by atoms with Crippen LogP contribution in [0.1, 0.15) is 32.0 Å². The van der Waals surface area contributed by atoms with Crippen molar-refractivity contribution in [3.05, 3.63) is 82.1 Å². The van der Waals surface area contributed by atoms with Gasteiger partial charge >= 0.3 is 6.03 Å². The van der Waals surface area contributed by atoms with Crippen molar-refractivity contribution in [2.75, 3.05) is 36.8 Å².